The Labute approximate surface area is 278 Å². The Morgan fingerprint density at radius 2 is 1.64 bits per heavy atom. The summed E-state index contributed by atoms with van der Waals surface area (Å²) in [4.78, 5) is 60.0. The largest absolute Gasteiger partial charge is 0.444 e. The second-order valence-corrected chi connectivity index (χ2v) is 14.3. The van der Waals surface area contributed by atoms with Crippen molar-refractivity contribution in [2.45, 2.75) is 77.5 Å². The molecule has 2 atom stereocenters. The molecule has 0 aliphatic carbocycles. The van der Waals surface area contributed by atoms with Crippen molar-refractivity contribution in [1.82, 2.24) is 30.5 Å². The number of ether oxygens (including phenoxy) is 1. The highest BCUT2D eigenvalue weighted by molar-refractivity contribution is 5.95. The third kappa shape index (κ3) is 8.71. The molecule has 0 radical (unpaired) electrons. The molecule has 2 aromatic carbocycles. The molecular weight excluding hydrogens is 596 g/mol. The number of nitrogens with zero attached hydrogens (tertiary/aromatic N) is 3. The molecule has 4 rings (SSSR count). The molecule has 2 heterocycles. The molecule has 254 valence electrons. The summed E-state index contributed by atoms with van der Waals surface area (Å²) in [7, 11) is 5.38. The predicted octanol–water partition coefficient (Wildman–Crippen LogP) is 4.29. The van der Waals surface area contributed by atoms with Gasteiger partial charge < -0.3 is 25.3 Å². The molecule has 3 aromatic rings. The average molecular weight is 647 g/mol. The van der Waals surface area contributed by atoms with Crippen molar-refractivity contribution >= 4 is 34.7 Å². The first-order valence-electron chi connectivity index (χ1n) is 16.2. The lowest BCUT2D eigenvalue weighted by atomic mass is 9.74. The highest BCUT2D eigenvalue weighted by Crippen LogP contribution is 2.36. The Bertz CT molecular complexity index is 1580. The van der Waals surface area contributed by atoms with Gasteiger partial charge in [-0.3, -0.25) is 19.4 Å². The summed E-state index contributed by atoms with van der Waals surface area (Å²) in [6.07, 6.45) is 3.06. The van der Waals surface area contributed by atoms with Gasteiger partial charge in [0.15, 0.2) is 0 Å². The molecule has 11 heteroatoms. The fraction of sp³-hybridized carbons (Fsp3) is 0.500. The van der Waals surface area contributed by atoms with E-state index in [1.54, 1.807) is 56.6 Å². The van der Waals surface area contributed by atoms with Crippen molar-refractivity contribution in [1.29, 1.82) is 0 Å². The Balaban J connectivity index is 1.65. The van der Waals surface area contributed by atoms with E-state index in [9.17, 15) is 19.2 Å². The number of hydrazine groups is 1. The maximum Gasteiger partial charge on any atom is 0.408 e. The van der Waals surface area contributed by atoms with E-state index in [2.05, 4.69) is 15.6 Å². The van der Waals surface area contributed by atoms with Gasteiger partial charge in [0.2, 0.25) is 17.7 Å². The quantitative estimate of drug-likeness (QED) is 0.282. The van der Waals surface area contributed by atoms with Crippen LogP contribution in [0.15, 0.2) is 60.8 Å². The Kier molecular flexibility index (Phi) is 10.7. The van der Waals surface area contributed by atoms with Gasteiger partial charge in [-0.25, -0.2) is 9.80 Å². The maximum atomic E-state index is 14.6. The Morgan fingerprint density at radius 3 is 2.30 bits per heavy atom. The van der Waals surface area contributed by atoms with Crippen LogP contribution in [0.2, 0.25) is 0 Å². The second-order valence-electron chi connectivity index (χ2n) is 14.3. The summed E-state index contributed by atoms with van der Waals surface area (Å²) in [6, 6.07) is 16.7. The molecule has 4 amide bonds. The Hall–Kier alpha value is -4.38. The first-order valence-corrected chi connectivity index (χ1v) is 16.2. The lowest BCUT2D eigenvalue weighted by Gasteiger charge is -2.45. The number of hydrogen-bond acceptors (Lipinski definition) is 6. The van der Waals surface area contributed by atoms with E-state index in [1.807, 2.05) is 74.9 Å². The van der Waals surface area contributed by atoms with Crippen LogP contribution in [0.4, 0.5) is 4.79 Å². The number of piperidine rings is 1. The number of aromatic nitrogens is 1. The van der Waals surface area contributed by atoms with Gasteiger partial charge in [-0.1, -0.05) is 48.5 Å². The molecule has 0 spiro atoms. The van der Waals surface area contributed by atoms with Crippen molar-refractivity contribution in [3.8, 4) is 0 Å². The van der Waals surface area contributed by atoms with Crippen LogP contribution in [-0.2, 0) is 32.0 Å². The lowest BCUT2D eigenvalue weighted by Crippen LogP contribution is -2.62. The number of nitrogens with one attached hydrogen (secondary N) is 3. The molecule has 0 bridgehead atoms. The summed E-state index contributed by atoms with van der Waals surface area (Å²) >= 11 is 0. The Morgan fingerprint density at radius 1 is 0.979 bits per heavy atom. The van der Waals surface area contributed by atoms with Crippen LogP contribution in [-0.4, -0.2) is 95.1 Å². The molecule has 1 saturated heterocycles. The van der Waals surface area contributed by atoms with Gasteiger partial charge in [-0.2, -0.15) is 0 Å². The monoisotopic (exact) mass is 646 g/mol. The molecule has 1 aliphatic heterocycles. The van der Waals surface area contributed by atoms with Gasteiger partial charge in [0.1, 0.15) is 17.2 Å². The van der Waals surface area contributed by atoms with Crippen molar-refractivity contribution < 1.29 is 23.9 Å². The minimum Gasteiger partial charge on any atom is -0.444 e. The number of aromatic amines is 1. The van der Waals surface area contributed by atoms with E-state index in [-0.39, 0.29) is 24.8 Å². The van der Waals surface area contributed by atoms with Gasteiger partial charge in [0, 0.05) is 57.8 Å². The minimum absolute atomic E-state index is 0.0660. The smallest absolute Gasteiger partial charge is 0.408 e. The zero-order valence-electron chi connectivity index (χ0n) is 29.0. The van der Waals surface area contributed by atoms with Gasteiger partial charge in [-0.15, -0.1) is 0 Å². The van der Waals surface area contributed by atoms with E-state index in [1.165, 1.54) is 0 Å². The predicted molar refractivity (Wildman–Crippen MR) is 182 cm³/mol. The SMILES string of the molecule is CN(C)N(C)C(=O)[C@]1(Cc2ccccc2)CCCN(C(=O)[C@@H](Cc2c[nH]c3ccccc23)NC(=O)C(C)(C)NC(=O)OC(C)(C)C)C1. The van der Waals surface area contributed by atoms with Crippen LogP contribution in [0.1, 0.15) is 58.6 Å². The summed E-state index contributed by atoms with van der Waals surface area (Å²) in [6.45, 7) is 9.03. The van der Waals surface area contributed by atoms with E-state index in [0.29, 0.717) is 25.8 Å². The number of likely N-dealkylation sites (tertiary alicyclic amines) is 1. The number of hydrogen-bond donors (Lipinski definition) is 3. The summed E-state index contributed by atoms with van der Waals surface area (Å²) in [5, 5.41) is 9.90. The number of alkyl carbamates (subject to hydrolysis) is 1. The van der Waals surface area contributed by atoms with Crippen molar-refractivity contribution in [3.63, 3.8) is 0 Å². The topological polar surface area (TPSA) is 127 Å². The molecule has 47 heavy (non-hydrogen) atoms. The fourth-order valence-corrected chi connectivity index (χ4v) is 6.12. The van der Waals surface area contributed by atoms with E-state index >= 15 is 0 Å². The van der Waals surface area contributed by atoms with Crippen LogP contribution in [0, 0.1) is 5.41 Å². The van der Waals surface area contributed by atoms with Crippen molar-refractivity contribution in [2.24, 2.45) is 5.41 Å². The van der Waals surface area contributed by atoms with Gasteiger partial charge in [-0.05, 0) is 71.1 Å². The maximum absolute atomic E-state index is 14.6. The van der Waals surface area contributed by atoms with Gasteiger partial charge in [0.25, 0.3) is 0 Å². The van der Waals surface area contributed by atoms with Crippen molar-refractivity contribution in [3.05, 3.63) is 71.9 Å². The molecular formula is C36H50N6O5. The van der Waals surface area contributed by atoms with Gasteiger partial charge in [0.05, 0.1) is 5.41 Å². The van der Waals surface area contributed by atoms with Crippen LogP contribution < -0.4 is 10.6 Å². The average Bonchev–Trinajstić information content (AvgIpc) is 3.41. The van der Waals surface area contributed by atoms with Gasteiger partial charge >= 0.3 is 6.09 Å². The third-order valence-electron chi connectivity index (χ3n) is 8.70. The molecule has 11 nitrogen and oxygen atoms in total. The number of carbonyl (C=O) groups is 4. The number of benzene rings is 2. The highest BCUT2D eigenvalue weighted by Gasteiger charge is 2.46. The van der Waals surface area contributed by atoms with E-state index < -0.39 is 34.6 Å². The number of para-hydroxylation sites is 1. The summed E-state index contributed by atoms with van der Waals surface area (Å²) in [5.74, 6) is -0.879. The summed E-state index contributed by atoms with van der Waals surface area (Å²) in [5.41, 5.74) is -0.188. The number of carbonyl (C=O) groups excluding carboxylic acids is 4. The first kappa shape index (κ1) is 35.5. The first-order chi connectivity index (χ1) is 22.0. The van der Waals surface area contributed by atoms with Crippen LogP contribution in [0.3, 0.4) is 0 Å². The van der Waals surface area contributed by atoms with Crippen molar-refractivity contribution in [2.75, 3.05) is 34.2 Å². The third-order valence-corrected chi connectivity index (χ3v) is 8.70. The normalized spacial score (nSPS) is 17.7. The van der Waals surface area contributed by atoms with Crippen LogP contribution in [0.25, 0.3) is 10.9 Å². The van der Waals surface area contributed by atoms with E-state index in [0.717, 1.165) is 22.0 Å². The highest BCUT2D eigenvalue weighted by atomic mass is 16.6. The second kappa shape index (κ2) is 14.2. The van der Waals surface area contributed by atoms with E-state index in [4.69, 9.17) is 4.74 Å². The minimum atomic E-state index is -1.38. The number of H-pyrrole nitrogens is 1. The molecule has 1 aromatic heterocycles. The number of amides is 4. The zero-order valence-corrected chi connectivity index (χ0v) is 29.0. The number of fused-ring (bicyclic) bond motifs is 1. The van der Waals surface area contributed by atoms with Crippen LogP contribution in [0.5, 0.6) is 0 Å². The van der Waals surface area contributed by atoms with Crippen LogP contribution >= 0.6 is 0 Å². The summed E-state index contributed by atoms with van der Waals surface area (Å²) < 4.78 is 5.39. The lowest BCUT2D eigenvalue weighted by molar-refractivity contribution is -0.159. The fourth-order valence-electron chi connectivity index (χ4n) is 6.12. The standard InChI is InChI=1S/C36H50N6O5/c1-34(2,3)47-33(46)39-35(4,5)31(44)38-29(21-26-23-37-28-18-13-12-17-27(26)28)30(43)42-20-14-19-36(24-42,32(45)41(8)40(6)7)22-25-15-10-9-11-16-25/h9-13,15-18,23,29,37H,14,19-22,24H2,1-8H3,(H,38,44)(H,39,46)/t29-,36+/m1/s1. The molecule has 0 saturated carbocycles. The number of rotatable bonds is 10. The molecule has 1 aliphatic rings. The molecule has 3 N–H and O–H groups in total. The molecule has 1 fully saturated rings. The molecule has 0 unspecified atom stereocenters. The zero-order chi connectivity index (χ0) is 34.6.